The van der Waals surface area contributed by atoms with E-state index in [4.69, 9.17) is 0 Å². The lowest BCUT2D eigenvalue weighted by Crippen LogP contribution is -2.16. The van der Waals surface area contributed by atoms with Crippen molar-refractivity contribution in [2.75, 3.05) is 11.1 Å². The van der Waals surface area contributed by atoms with E-state index in [0.29, 0.717) is 11.8 Å². The maximum absolute atomic E-state index is 12.7. The topological polar surface area (TPSA) is 72.2 Å². The minimum atomic E-state index is -4.67. The number of nitrogens with one attached hydrogen (secondary N) is 1. The highest BCUT2D eigenvalue weighted by Crippen LogP contribution is 2.36. The van der Waals surface area contributed by atoms with Crippen molar-refractivity contribution < 1.29 is 22.9 Å². The van der Waals surface area contributed by atoms with Gasteiger partial charge in [-0.05, 0) is 44.0 Å². The molecule has 2 rings (SSSR count). The van der Waals surface area contributed by atoms with Crippen molar-refractivity contribution in [3.8, 4) is 0 Å². The molecular weight excluding hydrogens is 381 g/mol. The molecule has 0 saturated heterocycles. The van der Waals surface area contributed by atoms with Crippen molar-refractivity contribution in [2.45, 2.75) is 31.8 Å². The zero-order valence-electron chi connectivity index (χ0n) is 14.8. The fourth-order valence-corrected chi connectivity index (χ4v) is 3.46. The highest BCUT2D eigenvalue weighted by molar-refractivity contribution is 8.00. The molecule has 9 heteroatoms. The van der Waals surface area contributed by atoms with Gasteiger partial charge in [0, 0.05) is 11.8 Å². The molecule has 0 atom stereocenters. The number of thioether (sulfide) groups is 1. The zero-order chi connectivity index (χ0) is 20.4. The van der Waals surface area contributed by atoms with Gasteiger partial charge in [-0.25, -0.2) is 0 Å². The van der Waals surface area contributed by atoms with Crippen LogP contribution in [0.3, 0.4) is 0 Å². The number of hydrogen-bond donors (Lipinski definition) is 1. The summed E-state index contributed by atoms with van der Waals surface area (Å²) in [4.78, 5) is 22.4. The molecule has 0 aliphatic rings. The van der Waals surface area contributed by atoms with E-state index in [0.717, 1.165) is 40.6 Å². The van der Waals surface area contributed by atoms with Gasteiger partial charge in [0.15, 0.2) is 0 Å². The fraction of sp³-hybridized carbons (Fsp3) is 0.278. The Morgan fingerprint density at radius 2 is 1.74 bits per heavy atom. The van der Waals surface area contributed by atoms with E-state index in [2.05, 4.69) is 5.32 Å². The molecule has 0 aliphatic heterocycles. The number of carbonyl (C=O) groups is 1. The fourth-order valence-electron chi connectivity index (χ4n) is 2.65. The zero-order valence-corrected chi connectivity index (χ0v) is 15.6. The SMILES string of the molecule is Cc1cc(C)c(NC(=O)CSc2ccc(C(F)(F)F)cc2[N+](=O)[O-])c(C)c1. The van der Waals surface area contributed by atoms with Gasteiger partial charge in [0.25, 0.3) is 5.69 Å². The summed E-state index contributed by atoms with van der Waals surface area (Å²) in [5.41, 5.74) is 1.70. The Bertz CT molecular complexity index is 875. The van der Waals surface area contributed by atoms with Gasteiger partial charge in [-0.15, -0.1) is 11.8 Å². The van der Waals surface area contributed by atoms with Crippen molar-refractivity contribution in [2.24, 2.45) is 0 Å². The van der Waals surface area contributed by atoms with Gasteiger partial charge in [0.05, 0.1) is 21.1 Å². The van der Waals surface area contributed by atoms with E-state index in [1.54, 1.807) is 0 Å². The van der Waals surface area contributed by atoms with Crippen LogP contribution < -0.4 is 5.32 Å². The average Bonchev–Trinajstić information content (AvgIpc) is 2.55. The normalized spacial score (nSPS) is 11.3. The van der Waals surface area contributed by atoms with E-state index in [1.165, 1.54) is 0 Å². The van der Waals surface area contributed by atoms with Crippen LogP contribution in [-0.2, 0) is 11.0 Å². The monoisotopic (exact) mass is 398 g/mol. The van der Waals surface area contributed by atoms with Crippen LogP contribution in [0.15, 0.2) is 35.2 Å². The molecule has 0 fully saturated rings. The molecule has 27 heavy (non-hydrogen) atoms. The number of aryl methyl sites for hydroxylation is 3. The summed E-state index contributed by atoms with van der Waals surface area (Å²) in [6, 6.07) is 6.09. The van der Waals surface area contributed by atoms with Crippen LogP contribution in [-0.4, -0.2) is 16.6 Å². The molecule has 0 unspecified atom stereocenters. The van der Waals surface area contributed by atoms with E-state index < -0.39 is 28.3 Å². The molecule has 2 aromatic carbocycles. The van der Waals surface area contributed by atoms with Crippen LogP contribution in [0.2, 0.25) is 0 Å². The first-order valence-corrected chi connectivity index (χ1v) is 8.83. The molecular formula is C18H17F3N2O3S. The van der Waals surface area contributed by atoms with Crippen LogP contribution in [0.25, 0.3) is 0 Å². The van der Waals surface area contributed by atoms with Crippen LogP contribution in [0.4, 0.5) is 24.5 Å². The Hall–Kier alpha value is -2.55. The van der Waals surface area contributed by atoms with Gasteiger partial charge in [-0.3, -0.25) is 14.9 Å². The number of nitro groups is 1. The second kappa shape index (κ2) is 7.99. The van der Waals surface area contributed by atoms with Crippen molar-refractivity contribution >= 4 is 29.0 Å². The number of halogens is 3. The van der Waals surface area contributed by atoms with Crippen molar-refractivity contribution in [1.82, 2.24) is 0 Å². The van der Waals surface area contributed by atoms with E-state index in [-0.39, 0.29) is 10.6 Å². The highest BCUT2D eigenvalue weighted by Gasteiger charge is 2.33. The van der Waals surface area contributed by atoms with Crippen molar-refractivity contribution in [3.63, 3.8) is 0 Å². The number of amides is 1. The van der Waals surface area contributed by atoms with Gasteiger partial charge < -0.3 is 5.32 Å². The lowest BCUT2D eigenvalue weighted by atomic mass is 10.1. The number of benzene rings is 2. The van der Waals surface area contributed by atoms with Crippen molar-refractivity contribution in [1.29, 1.82) is 0 Å². The van der Waals surface area contributed by atoms with Gasteiger partial charge in [-0.1, -0.05) is 17.7 Å². The predicted octanol–water partition coefficient (Wildman–Crippen LogP) is 5.27. The maximum Gasteiger partial charge on any atom is 0.416 e. The first kappa shape index (κ1) is 20.8. The molecule has 0 heterocycles. The standard InChI is InChI=1S/C18H17F3N2O3S/c1-10-6-11(2)17(12(3)7-10)22-16(24)9-27-15-5-4-13(18(19,20)21)8-14(15)23(25)26/h4-8H,9H2,1-3H3,(H,22,24). The summed E-state index contributed by atoms with van der Waals surface area (Å²) in [7, 11) is 0. The summed E-state index contributed by atoms with van der Waals surface area (Å²) in [5, 5.41) is 13.8. The quantitative estimate of drug-likeness (QED) is 0.423. The summed E-state index contributed by atoms with van der Waals surface area (Å²) < 4.78 is 38.2. The summed E-state index contributed by atoms with van der Waals surface area (Å²) in [6.45, 7) is 5.64. The van der Waals surface area contributed by atoms with Gasteiger partial charge in [0.1, 0.15) is 0 Å². The number of anilines is 1. The molecule has 0 radical (unpaired) electrons. The first-order valence-electron chi connectivity index (χ1n) is 7.85. The van der Waals surface area contributed by atoms with E-state index in [1.807, 2.05) is 32.9 Å². The van der Waals surface area contributed by atoms with Crippen LogP contribution >= 0.6 is 11.8 Å². The molecule has 0 bridgehead atoms. The van der Waals surface area contributed by atoms with E-state index in [9.17, 15) is 28.1 Å². The first-order chi connectivity index (χ1) is 12.5. The summed E-state index contributed by atoms with van der Waals surface area (Å²) in [5.74, 6) is -0.567. The van der Waals surface area contributed by atoms with E-state index >= 15 is 0 Å². The minimum absolute atomic E-state index is 0.000463. The van der Waals surface area contributed by atoms with Crippen molar-refractivity contribution in [3.05, 3.63) is 62.7 Å². The van der Waals surface area contributed by atoms with Gasteiger partial charge >= 0.3 is 6.18 Å². The molecule has 2 aromatic rings. The lowest BCUT2D eigenvalue weighted by molar-refractivity contribution is -0.388. The third-order valence-corrected chi connectivity index (χ3v) is 4.85. The molecule has 0 spiro atoms. The number of carbonyl (C=O) groups excluding carboxylic acids is 1. The Morgan fingerprint density at radius 3 is 2.26 bits per heavy atom. The number of nitro benzene ring substituents is 1. The Morgan fingerprint density at radius 1 is 1.15 bits per heavy atom. The Kier molecular flexibility index (Phi) is 6.15. The molecule has 0 aliphatic carbocycles. The number of nitrogens with zero attached hydrogens (tertiary/aromatic N) is 1. The smallest absolute Gasteiger partial charge is 0.325 e. The second-order valence-electron chi connectivity index (χ2n) is 6.05. The van der Waals surface area contributed by atoms with Crippen LogP contribution in [0.5, 0.6) is 0 Å². The molecule has 5 nitrogen and oxygen atoms in total. The minimum Gasteiger partial charge on any atom is -0.325 e. The second-order valence-corrected chi connectivity index (χ2v) is 7.07. The average molecular weight is 398 g/mol. The summed E-state index contributed by atoms with van der Waals surface area (Å²) in [6.07, 6.45) is -4.67. The Balaban J connectivity index is 2.14. The molecule has 1 amide bonds. The van der Waals surface area contributed by atoms with Gasteiger partial charge in [-0.2, -0.15) is 13.2 Å². The Labute approximate surface area is 158 Å². The number of alkyl halides is 3. The third-order valence-electron chi connectivity index (χ3n) is 3.78. The van der Waals surface area contributed by atoms with Crippen LogP contribution in [0.1, 0.15) is 22.3 Å². The molecule has 0 aromatic heterocycles. The number of hydrogen-bond acceptors (Lipinski definition) is 4. The predicted molar refractivity (Wildman–Crippen MR) is 98.1 cm³/mol. The van der Waals surface area contributed by atoms with Crippen LogP contribution in [0, 0.1) is 30.9 Å². The maximum atomic E-state index is 12.7. The molecule has 144 valence electrons. The summed E-state index contributed by atoms with van der Waals surface area (Å²) >= 11 is 0.816. The number of rotatable bonds is 5. The lowest BCUT2D eigenvalue weighted by Gasteiger charge is -2.13. The van der Waals surface area contributed by atoms with Gasteiger partial charge in [0.2, 0.25) is 5.91 Å². The molecule has 0 saturated carbocycles. The largest absolute Gasteiger partial charge is 0.416 e. The highest BCUT2D eigenvalue weighted by atomic mass is 32.2. The third kappa shape index (κ3) is 5.22. The molecule has 1 N–H and O–H groups in total.